The van der Waals surface area contributed by atoms with Crippen LogP contribution < -0.4 is 0 Å². The minimum absolute atomic E-state index is 0.241. The van der Waals surface area contributed by atoms with Gasteiger partial charge < -0.3 is 8.94 Å². The van der Waals surface area contributed by atoms with E-state index in [0.29, 0.717) is 35.3 Å². The second-order valence-electron chi connectivity index (χ2n) is 7.50. The zero-order valence-electron chi connectivity index (χ0n) is 17.7. The summed E-state index contributed by atoms with van der Waals surface area (Å²) >= 11 is 0. The van der Waals surface area contributed by atoms with Crippen molar-refractivity contribution >= 4 is 0 Å². The molecule has 3 heterocycles. The number of benzene rings is 2. The first-order chi connectivity index (χ1) is 15.5. The molecule has 0 amide bonds. The zero-order chi connectivity index (χ0) is 22.2. The SMILES string of the molecule is Cc1ccc(-c2nc(Cn3nnc(-c4nc(-c5ccc(F)cc5)no4)c3C)c(C)o2)cc1. The molecular formula is C23H19FN6O2. The van der Waals surface area contributed by atoms with Gasteiger partial charge in [-0.1, -0.05) is 28.1 Å². The average Bonchev–Trinajstić information content (AvgIpc) is 3.50. The number of halogens is 1. The van der Waals surface area contributed by atoms with Crippen molar-refractivity contribution in [1.29, 1.82) is 0 Å². The molecule has 9 heteroatoms. The molecule has 0 aliphatic rings. The Bertz CT molecular complexity index is 1380. The van der Waals surface area contributed by atoms with Gasteiger partial charge in [0.1, 0.15) is 17.3 Å². The van der Waals surface area contributed by atoms with Gasteiger partial charge >= 0.3 is 0 Å². The Kier molecular flexibility index (Phi) is 4.85. The number of aryl methyl sites for hydroxylation is 2. The van der Waals surface area contributed by atoms with Crippen molar-refractivity contribution < 1.29 is 13.3 Å². The van der Waals surface area contributed by atoms with E-state index in [9.17, 15) is 4.39 Å². The molecule has 0 aliphatic carbocycles. The van der Waals surface area contributed by atoms with Crippen LogP contribution in [0.15, 0.2) is 57.5 Å². The smallest absolute Gasteiger partial charge is 0.280 e. The highest BCUT2D eigenvalue weighted by Crippen LogP contribution is 2.25. The van der Waals surface area contributed by atoms with Crippen LogP contribution in [-0.2, 0) is 6.54 Å². The summed E-state index contributed by atoms with van der Waals surface area (Å²) in [5.74, 6) is 1.55. The van der Waals surface area contributed by atoms with Gasteiger partial charge in [0.25, 0.3) is 5.89 Å². The third-order valence-corrected chi connectivity index (χ3v) is 5.20. The number of hydrogen-bond donors (Lipinski definition) is 0. The van der Waals surface area contributed by atoms with Crippen LogP contribution in [0.4, 0.5) is 4.39 Å². The van der Waals surface area contributed by atoms with Gasteiger partial charge in [-0.2, -0.15) is 4.98 Å². The monoisotopic (exact) mass is 430 g/mol. The van der Waals surface area contributed by atoms with E-state index in [1.165, 1.54) is 17.7 Å². The number of hydrogen-bond acceptors (Lipinski definition) is 7. The van der Waals surface area contributed by atoms with Crippen LogP contribution in [0.1, 0.15) is 22.7 Å². The summed E-state index contributed by atoms with van der Waals surface area (Å²) in [6.07, 6.45) is 0. The van der Waals surface area contributed by atoms with Crippen LogP contribution in [0.25, 0.3) is 34.4 Å². The molecule has 0 bridgehead atoms. The second kappa shape index (κ2) is 7.84. The molecule has 0 saturated heterocycles. The summed E-state index contributed by atoms with van der Waals surface area (Å²) in [4.78, 5) is 9.02. The fourth-order valence-electron chi connectivity index (χ4n) is 3.28. The van der Waals surface area contributed by atoms with Gasteiger partial charge in [-0.25, -0.2) is 14.1 Å². The number of oxazole rings is 1. The molecule has 160 valence electrons. The topological polar surface area (TPSA) is 95.7 Å². The molecule has 0 saturated carbocycles. The fraction of sp³-hybridized carbons (Fsp3) is 0.174. The van der Waals surface area contributed by atoms with Crippen molar-refractivity contribution in [1.82, 2.24) is 30.1 Å². The van der Waals surface area contributed by atoms with Crippen molar-refractivity contribution in [2.45, 2.75) is 27.3 Å². The Morgan fingerprint density at radius 1 is 0.875 bits per heavy atom. The maximum absolute atomic E-state index is 13.2. The summed E-state index contributed by atoms with van der Waals surface area (Å²) < 4.78 is 26.1. The molecule has 5 aromatic rings. The first-order valence-corrected chi connectivity index (χ1v) is 10.0. The lowest BCUT2D eigenvalue weighted by Crippen LogP contribution is -2.05. The molecular weight excluding hydrogens is 411 g/mol. The van der Waals surface area contributed by atoms with E-state index in [2.05, 4.69) is 25.4 Å². The molecule has 2 aromatic carbocycles. The van der Waals surface area contributed by atoms with Crippen molar-refractivity contribution in [3.8, 4) is 34.4 Å². The largest absolute Gasteiger partial charge is 0.441 e. The third-order valence-electron chi connectivity index (χ3n) is 5.20. The van der Waals surface area contributed by atoms with E-state index >= 15 is 0 Å². The van der Waals surface area contributed by atoms with Gasteiger partial charge in [0.05, 0.1) is 12.2 Å². The van der Waals surface area contributed by atoms with Gasteiger partial charge in [-0.15, -0.1) is 5.10 Å². The Balaban J connectivity index is 1.39. The number of aromatic nitrogens is 6. The molecule has 3 aromatic heterocycles. The molecule has 0 unspecified atom stereocenters. The Morgan fingerprint density at radius 3 is 2.34 bits per heavy atom. The molecule has 32 heavy (non-hydrogen) atoms. The van der Waals surface area contributed by atoms with Crippen molar-refractivity contribution in [3.63, 3.8) is 0 Å². The maximum Gasteiger partial charge on any atom is 0.280 e. The summed E-state index contributed by atoms with van der Waals surface area (Å²) in [6.45, 7) is 6.17. The first-order valence-electron chi connectivity index (χ1n) is 10.0. The van der Waals surface area contributed by atoms with Gasteiger partial charge in [0, 0.05) is 11.1 Å². The van der Waals surface area contributed by atoms with Crippen LogP contribution >= 0.6 is 0 Å². The van der Waals surface area contributed by atoms with Crippen molar-refractivity contribution in [2.24, 2.45) is 0 Å². The lowest BCUT2D eigenvalue weighted by Gasteiger charge is -2.00. The first kappa shape index (κ1) is 19.8. The molecule has 0 aliphatic heterocycles. The quantitative estimate of drug-likeness (QED) is 0.396. The Morgan fingerprint density at radius 2 is 1.59 bits per heavy atom. The highest BCUT2D eigenvalue weighted by Gasteiger charge is 2.20. The summed E-state index contributed by atoms with van der Waals surface area (Å²) in [5, 5.41) is 12.4. The van der Waals surface area contributed by atoms with Gasteiger partial charge in [-0.05, 0) is 57.2 Å². The second-order valence-corrected chi connectivity index (χ2v) is 7.50. The van der Waals surface area contributed by atoms with Crippen LogP contribution in [0.5, 0.6) is 0 Å². The standard InChI is InChI=1S/C23H19FN6O2/c1-13-4-6-17(7-5-13)22-25-19(15(3)31-22)12-30-14(2)20(27-29-30)23-26-21(28-32-23)16-8-10-18(24)11-9-16/h4-11H,12H2,1-3H3. The molecule has 0 spiro atoms. The number of nitrogens with zero attached hydrogens (tertiary/aromatic N) is 6. The highest BCUT2D eigenvalue weighted by molar-refractivity contribution is 5.58. The van der Waals surface area contributed by atoms with E-state index in [0.717, 1.165) is 17.0 Å². The van der Waals surface area contributed by atoms with Gasteiger partial charge in [-0.3, -0.25) is 0 Å². The summed E-state index contributed by atoms with van der Waals surface area (Å²) in [5.41, 5.74) is 4.72. The van der Waals surface area contributed by atoms with Crippen molar-refractivity contribution in [3.05, 3.63) is 77.1 Å². The van der Waals surface area contributed by atoms with Crippen LogP contribution in [0.3, 0.4) is 0 Å². The summed E-state index contributed by atoms with van der Waals surface area (Å²) in [7, 11) is 0. The van der Waals surface area contributed by atoms with E-state index in [1.807, 2.05) is 45.0 Å². The minimum atomic E-state index is -0.329. The van der Waals surface area contributed by atoms with Crippen molar-refractivity contribution in [2.75, 3.05) is 0 Å². The van der Waals surface area contributed by atoms with Crippen LogP contribution in [-0.4, -0.2) is 30.1 Å². The van der Waals surface area contributed by atoms with Gasteiger partial charge in [0.15, 0.2) is 5.69 Å². The highest BCUT2D eigenvalue weighted by atomic mass is 19.1. The van der Waals surface area contributed by atoms with E-state index in [4.69, 9.17) is 8.94 Å². The predicted octanol–water partition coefficient (Wildman–Crippen LogP) is 4.76. The van der Waals surface area contributed by atoms with Gasteiger partial charge in [0.2, 0.25) is 11.7 Å². The zero-order valence-corrected chi connectivity index (χ0v) is 17.7. The van der Waals surface area contributed by atoms with E-state index < -0.39 is 0 Å². The molecule has 0 atom stereocenters. The van der Waals surface area contributed by atoms with Crippen LogP contribution in [0.2, 0.25) is 0 Å². The van der Waals surface area contributed by atoms with E-state index in [1.54, 1.807) is 16.8 Å². The average molecular weight is 430 g/mol. The fourth-order valence-corrected chi connectivity index (χ4v) is 3.28. The minimum Gasteiger partial charge on any atom is -0.441 e. The lowest BCUT2D eigenvalue weighted by molar-refractivity contribution is 0.430. The Labute approximate surface area is 182 Å². The molecule has 5 rings (SSSR count). The number of rotatable bonds is 5. The maximum atomic E-state index is 13.2. The lowest BCUT2D eigenvalue weighted by atomic mass is 10.1. The third kappa shape index (κ3) is 3.68. The molecule has 0 N–H and O–H groups in total. The normalized spacial score (nSPS) is 11.2. The molecule has 0 radical (unpaired) electrons. The molecule has 8 nitrogen and oxygen atoms in total. The predicted molar refractivity (Wildman–Crippen MR) is 114 cm³/mol. The van der Waals surface area contributed by atoms with E-state index in [-0.39, 0.29) is 11.7 Å². The Hall–Kier alpha value is -4.14. The molecule has 0 fully saturated rings. The van der Waals surface area contributed by atoms with Crippen LogP contribution in [0, 0.1) is 26.6 Å². The summed E-state index contributed by atoms with van der Waals surface area (Å²) in [6, 6.07) is 13.9.